The van der Waals surface area contributed by atoms with Gasteiger partial charge in [-0.1, -0.05) is 121 Å². The molecule has 0 atom stereocenters. The standard InChI is InChI=1S/C45H27N3/c1-3-11-29(12-4-1)38-40(33-18-9-23-46-26-33)41(34-25-32-22-21-31-17-10-24-47-44(31)45(32)48-27-34)39(30-13-5-2-6-14-30)43-36-20-8-16-28-15-7-19-35(37(28)36)42(38)43/h1-27H. The first-order valence-corrected chi connectivity index (χ1v) is 16.3. The molecule has 1 aliphatic carbocycles. The monoisotopic (exact) mass is 609 g/mol. The Bertz CT molecular complexity index is 2700. The van der Waals surface area contributed by atoms with E-state index in [2.05, 4.69) is 132 Å². The summed E-state index contributed by atoms with van der Waals surface area (Å²) in [6.07, 6.45) is 7.74. The Morgan fingerprint density at radius 2 is 0.896 bits per heavy atom. The third-order valence-corrected chi connectivity index (χ3v) is 9.73. The molecule has 3 heterocycles. The van der Waals surface area contributed by atoms with Crippen LogP contribution < -0.4 is 0 Å². The van der Waals surface area contributed by atoms with Gasteiger partial charge in [0.15, 0.2) is 0 Å². The summed E-state index contributed by atoms with van der Waals surface area (Å²) in [5, 5.41) is 4.69. The highest BCUT2D eigenvalue weighted by molar-refractivity contribution is 6.26. The lowest BCUT2D eigenvalue weighted by atomic mass is 9.77. The van der Waals surface area contributed by atoms with Crippen LogP contribution in [0.1, 0.15) is 0 Å². The van der Waals surface area contributed by atoms with Crippen LogP contribution in [-0.2, 0) is 0 Å². The zero-order valence-electron chi connectivity index (χ0n) is 25.9. The molecule has 0 bridgehead atoms. The lowest BCUT2D eigenvalue weighted by molar-refractivity contribution is 1.33. The maximum absolute atomic E-state index is 5.15. The molecule has 0 aliphatic heterocycles. The fourth-order valence-electron chi connectivity index (χ4n) is 7.79. The third-order valence-electron chi connectivity index (χ3n) is 9.73. The first kappa shape index (κ1) is 26.7. The smallest absolute Gasteiger partial charge is 0.0964 e. The minimum atomic E-state index is 0.905. The van der Waals surface area contributed by atoms with Gasteiger partial charge in [-0.15, -0.1) is 0 Å². The van der Waals surface area contributed by atoms with Gasteiger partial charge < -0.3 is 0 Å². The van der Waals surface area contributed by atoms with E-state index in [0.29, 0.717) is 0 Å². The number of rotatable bonds is 4. The summed E-state index contributed by atoms with van der Waals surface area (Å²) in [6.45, 7) is 0. The number of aromatic nitrogens is 3. The normalized spacial score (nSPS) is 11.8. The fourth-order valence-corrected chi connectivity index (χ4v) is 7.79. The maximum Gasteiger partial charge on any atom is 0.0964 e. The van der Waals surface area contributed by atoms with Crippen molar-refractivity contribution in [3.63, 3.8) is 0 Å². The molecular formula is C45H27N3. The number of benzene rings is 6. The fraction of sp³-hybridized carbons (Fsp3) is 0. The van der Waals surface area contributed by atoms with E-state index >= 15 is 0 Å². The molecule has 0 radical (unpaired) electrons. The Hall–Kier alpha value is -6.45. The summed E-state index contributed by atoms with van der Waals surface area (Å²) >= 11 is 0. The Morgan fingerprint density at radius 1 is 0.333 bits per heavy atom. The molecule has 10 rings (SSSR count). The van der Waals surface area contributed by atoms with Crippen LogP contribution in [-0.4, -0.2) is 15.0 Å². The van der Waals surface area contributed by atoms with Crippen LogP contribution in [0.5, 0.6) is 0 Å². The zero-order valence-corrected chi connectivity index (χ0v) is 25.9. The summed E-state index contributed by atoms with van der Waals surface area (Å²) in [5.41, 5.74) is 16.0. The first-order valence-electron chi connectivity index (χ1n) is 16.3. The van der Waals surface area contributed by atoms with Crippen molar-refractivity contribution >= 4 is 32.6 Å². The number of hydrogen-bond acceptors (Lipinski definition) is 3. The maximum atomic E-state index is 5.15. The van der Waals surface area contributed by atoms with Crippen molar-refractivity contribution in [2.45, 2.75) is 0 Å². The minimum absolute atomic E-state index is 0.905. The van der Waals surface area contributed by atoms with Crippen LogP contribution in [0.2, 0.25) is 0 Å². The summed E-state index contributed by atoms with van der Waals surface area (Å²) in [4.78, 5) is 14.5. The van der Waals surface area contributed by atoms with Crippen LogP contribution in [0.25, 0.3) is 99.3 Å². The van der Waals surface area contributed by atoms with Gasteiger partial charge in [0.05, 0.1) is 11.0 Å². The van der Waals surface area contributed by atoms with E-state index in [1.54, 1.807) is 0 Å². The van der Waals surface area contributed by atoms with Gasteiger partial charge in [0.25, 0.3) is 0 Å². The van der Waals surface area contributed by atoms with Crippen molar-refractivity contribution in [3.05, 3.63) is 164 Å². The van der Waals surface area contributed by atoms with E-state index in [9.17, 15) is 0 Å². The second-order valence-corrected chi connectivity index (χ2v) is 12.4. The summed E-state index contributed by atoms with van der Waals surface area (Å²) < 4.78 is 0. The second-order valence-electron chi connectivity index (χ2n) is 12.4. The molecule has 9 aromatic rings. The van der Waals surface area contributed by atoms with E-state index in [4.69, 9.17) is 9.97 Å². The van der Waals surface area contributed by atoms with Crippen molar-refractivity contribution in [3.8, 4) is 66.8 Å². The Balaban J connectivity index is 1.45. The van der Waals surface area contributed by atoms with Crippen molar-refractivity contribution in [2.75, 3.05) is 0 Å². The van der Waals surface area contributed by atoms with Crippen LogP contribution >= 0.6 is 0 Å². The number of fused-ring (bicyclic) bond motifs is 6. The predicted octanol–water partition coefficient (Wildman–Crippen LogP) is 11.6. The number of hydrogen-bond donors (Lipinski definition) is 0. The lowest BCUT2D eigenvalue weighted by Crippen LogP contribution is -2.00. The SMILES string of the molecule is c1ccc(-c2c(-c3cccnc3)c(-c3cnc4c(ccc5cccnc54)c3)c(-c3ccccc3)c3c2-c2cccc4cccc-3c24)cc1. The van der Waals surface area contributed by atoms with Crippen LogP contribution in [0, 0.1) is 0 Å². The molecule has 3 heteroatoms. The van der Waals surface area contributed by atoms with Crippen molar-refractivity contribution in [1.82, 2.24) is 15.0 Å². The second kappa shape index (κ2) is 10.5. The third kappa shape index (κ3) is 3.91. The molecular weight excluding hydrogens is 583 g/mol. The van der Waals surface area contributed by atoms with Crippen molar-refractivity contribution < 1.29 is 0 Å². The van der Waals surface area contributed by atoms with E-state index in [-0.39, 0.29) is 0 Å². The van der Waals surface area contributed by atoms with E-state index in [1.807, 2.05) is 36.9 Å². The molecule has 0 saturated heterocycles. The largest absolute Gasteiger partial charge is 0.264 e. The zero-order chi connectivity index (χ0) is 31.6. The Morgan fingerprint density at radius 3 is 1.56 bits per heavy atom. The molecule has 0 saturated carbocycles. The highest BCUT2D eigenvalue weighted by Crippen LogP contribution is 2.60. The average Bonchev–Trinajstić information content (AvgIpc) is 3.50. The number of nitrogens with zero attached hydrogens (tertiary/aromatic N) is 3. The topological polar surface area (TPSA) is 38.7 Å². The predicted molar refractivity (Wildman–Crippen MR) is 199 cm³/mol. The van der Waals surface area contributed by atoms with Crippen LogP contribution in [0.15, 0.2) is 164 Å². The molecule has 3 nitrogen and oxygen atoms in total. The molecule has 0 unspecified atom stereocenters. The molecule has 0 spiro atoms. The quantitative estimate of drug-likeness (QED) is 0.186. The van der Waals surface area contributed by atoms with Gasteiger partial charge in [0, 0.05) is 57.8 Å². The van der Waals surface area contributed by atoms with Gasteiger partial charge in [-0.05, 0) is 73.5 Å². The van der Waals surface area contributed by atoms with Crippen molar-refractivity contribution in [1.29, 1.82) is 0 Å². The van der Waals surface area contributed by atoms with E-state index < -0.39 is 0 Å². The summed E-state index contributed by atoms with van der Waals surface area (Å²) in [7, 11) is 0. The van der Waals surface area contributed by atoms with Gasteiger partial charge >= 0.3 is 0 Å². The van der Waals surface area contributed by atoms with Gasteiger partial charge in [-0.3, -0.25) is 15.0 Å². The van der Waals surface area contributed by atoms with Crippen LogP contribution in [0.3, 0.4) is 0 Å². The summed E-state index contributed by atoms with van der Waals surface area (Å²) in [6, 6.07) is 50.0. The Kier molecular flexibility index (Phi) is 5.87. The average molecular weight is 610 g/mol. The lowest BCUT2D eigenvalue weighted by Gasteiger charge is -2.26. The molecule has 0 amide bonds. The summed E-state index contributed by atoms with van der Waals surface area (Å²) in [5.74, 6) is 0. The molecule has 222 valence electrons. The van der Waals surface area contributed by atoms with Gasteiger partial charge in [0.2, 0.25) is 0 Å². The molecule has 3 aromatic heterocycles. The number of pyridine rings is 3. The van der Waals surface area contributed by atoms with E-state index in [0.717, 1.165) is 44.1 Å². The first-order chi connectivity index (χ1) is 23.8. The molecule has 48 heavy (non-hydrogen) atoms. The van der Waals surface area contributed by atoms with Crippen molar-refractivity contribution in [2.24, 2.45) is 0 Å². The van der Waals surface area contributed by atoms with Gasteiger partial charge in [-0.25, -0.2) is 0 Å². The molecule has 0 fully saturated rings. The van der Waals surface area contributed by atoms with E-state index in [1.165, 1.54) is 55.3 Å². The molecule has 1 aliphatic rings. The minimum Gasteiger partial charge on any atom is -0.264 e. The van der Waals surface area contributed by atoms with Gasteiger partial charge in [0.1, 0.15) is 0 Å². The van der Waals surface area contributed by atoms with Crippen LogP contribution in [0.4, 0.5) is 0 Å². The Labute approximate surface area is 277 Å². The highest BCUT2D eigenvalue weighted by Gasteiger charge is 2.33. The van der Waals surface area contributed by atoms with Gasteiger partial charge in [-0.2, -0.15) is 0 Å². The molecule has 6 aromatic carbocycles. The highest BCUT2D eigenvalue weighted by atomic mass is 14.7. The molecule has 0 N–H and O–H groups in total.